The molecule has 1 aromatic heterocycles. The van der Waals surface area contributed by atoms with Crippen LogP contribution in [0.3, 0.4) is 0 Å². The Labute approximate surface area is 88.3 Å². The Morgan fingerprint density at radius 2 is 2.20 bits per heavy atom. The zero-order valence-corrected chi connectivity index (χ0v) is 8.69. The molecule has 0 saturated carbocycles. The number of rotatable bonds is 2. The lowest BCUT2D eigenvalue weighted by Crippen LogP contribution is -1.87. The molecule has 2 aromatic rings. The lowest BCUT2D eigenvalue weighted by molar-refractivity contribution is 0.478. The molecule has 1 radical (unpaired) electrons. The van der Waals surface area contributed by atoms with Crippen molar-refractivity contribution < 1.29 is 4.74 Å². The van der Waals surface area contributed by atoms with Crippen LogP contribution in [-0.4, -0.2) is 9.78 Å². The molecule has 15 heavy (non-hydrogen) atoms. The van der Waals surface area contributed by atoms with E-state index in [1.807, 2.05) is 14.0 Å². The van der Waals surface area contributed by atoms with Gasteiger partial charge in [-0.15, -0.1) is 0 Å². The quantitative estimate of drug-likeness (QED) is 0.751. The number of aryl methyl sites for hydroxylation is 2. The molecule has 4 nitrogen and oxygen atoms in total. The molecule has 2 rings (SSSR count). The summed E-state index contributed by atoms with van der Waals surface area (Å²) < 4.78 is 7.30. The number of nitrogens with zero attached hydrogens (tertiary/aromatic N) is 2. The minimum absolute atomic E-state index is 0.492. The normalized spacial score (nSPS) is 10.3. The fourth-order valence-corrected chi connectivity index (χ4v) is 1.34. The third-order valence-electron chi connectivity index (χ3n) is 2.08. The number of hydrogen-bond donors (Lipinski definition) is 0. The zero-order valence-electron chi connectivity index (χ0n) is 8.69. The van der Waals surface area contributed by atoms with Gasteiger partial charge in [0.25, 0.3) is 0 Å². The molecule has 4 heteroatoms. The molecule has 0 saturated heterocycles. The second kappa shape index (κ2) is 3.65. The molecule has 1 heterocycles. The molecule has 1 N–H and O–H groups in total. The van der Waals surface area contributed by atoms with Crippen LogP contribution in [0.1, 0.15) is 5.56 Å². The molecule has 0 amide bonds. The topological polar surface area (TPSA) is 50.9 Å². The zero-order chi connectivity index (χ0) is 10.8. The first kappa shape index (κ1) is 9.58. The first-order chi connectivity index (χ1) is 7.15. The predicted molar refractivity (Wildman–Crippen MR) is 57.2 cm³/mol. The van der Waals surface area contributed by atoms with Gasteiger partial charge in [-0.05, 0) is 30.7 Å². The van der Waals surface area contributed by atoms with Crippen LogP contribution in [0.2, 0.25) is 0 Å². The molecule has 0 unspecified atom stereocenters. The van der Waals surface area contributed by atoms with Crippen molar-refractivity contribution in [2.45, 2.75) is 6.92 Å². The van der Waals surface area contributed by atoms with Crippen molar-refractivity contribution in [3.05, 3.63) is 36.2 Å². The third kappa shape index (κ3) is 2.10. The van der Waals surface area contributed by atoms with Gasteiger partial charge in [0.2, 0.25) is 0 Å². The highest BCUT2D eigenvalue weighted by molar-refractivity contribution is 5.46. The Morgan fingerprint density at radius 3 is 2.80 bits per heavy atom. The Hall–Kier alpha value is -1.97. The van der Waals surface area contributed by atoms with Gasteiger partial charge >= 0.3 is 0 Å². The first-order valence-corrected chi connectivity index (χ1v) is 4.64. The van der Waals surface area contributed by atoms with Gasteiger partial charge in [-0.25, -0.2) is 0 Å². The van der Waals surface area contributed by atoms with E-state index < -0.39 is 0 Å². The Bertz CT molecular complexity index is 476. The second-order valence-electron chi connectivity index (χ2n) is 3.43. The van der Waals surface area contributed by atoms with E-state index in [0.717, 1.165) is 11.3 Å². The molecule has 77 valence electrons. The van der Waals surface area contributed by atoms with Crippen LogP contribution in [0.5, 0.6) is 11.5 Å². The highest BCUT2D eigenvalue weighted by Crippen LogP contribution is 2.26. The van der Waals surface area contributed by atoms with Gasteiger partial charge in [0.15, 0.2) is 5.75 Å². The lowest BCUT2D eigenvalue weighted by Gasteiger charge is -2.06. The summed E-state index contributed by atoms with van der Waals surface area (Å²) in [6.07, 6.45) is 3.46. The summed E-state index contributed by atoms with van der Waals surface area (Å²) in [6, 6.07) is 5.27. The average Bonchev–Trinajstić information content (AvgIpc) is 2.56. The van der Waals surface area contributed by atoms with Crippen LogP contribution < -0.4 is 10.5 Å². The van der Waals surface area contributed by atoms with Gasteiger partial charge in [0, 0.05) is 7.05 Å². The number of aromatic nitrogens is 2. The van der Waals surface area contributed by atoms with Crippen LogP contribution in [-0.2, 0) is 7.05 Å². The summed E-state index contributed by atoms with van der Waals surface area (Å²) in [5.74, 6) is 1.47. The fraction of sp³-hybridized carbons (Fsp3) is 0.182. The van der Waals surface area contributed by atoms with Crippen LogP contribution in [0.25, 0.3) is 0 Å². The maximum Gasteiger partial charge on any atom is 0.165 e. The minimum atomic E-state index is 0.492. The van der Waals surface area contributed by atoms with Crippen molar-refractivity contribution in [1.29, 1.82) is 0 Å². The molecule has 0 atom stereocenters. The third-order valence-corrected chi connectivity index (χ3v) is 2.08. The van der Waals surface area contributed by atoms with E-state index in [0.29, 0.717) is 11.4 Å². The molecule has 0 fully saturated rings. The molecular weight excluding hydrogens is 190 g/mol. The van der Waals surface area contributed by atoms with Crippen LogP contribution >= 0.6 is 0 Å². The van der Waals surface area contributed by atoms with Crippen LogP contribution in [0.15, 0.2) is 30.6 Å². The predicted octanol–water partition coefficient (Wildman–Crippen LogP) is 2.44. The smallest absolute Gasteiger partial charge is 0.165 e. The number of nitrogens with one attached hydrogen (secondary N) is 1. The highest BCUT2D eigenvalue weighted by Gasteiger charge is 2.03. The fourth-order valence-electron chi connectivity index (χ4n) is 1.34. The van der Waals surface area contributed by atoms with Gasteiger partial charge in [-0.1, -0.05) is 0 Å². The van der Waals surface area contributed by atoms with E-state index in [1.54, 1.807) is 35.3 Å². The molecule has 0 aliphatic rings. The summed E-state index contributed by atoms with van der Waals surface area (Å²) in [4.78, 5) is 0. The van der Waals surface area contributed by atoms with Gasteiger partial charge < -0.3 is 10.5 Å². The van der Waals surface area contributed by atoms with E-state index in [9.17, 15) is 0 Å². The van der Waals surface area contributed by atoms with Crippen molar-refractivity contribution in [3.63, 3.8) is 0 Å². The van der Waals surface area contributed by atoms with Crippen molar-refractivity contribution >= 4 is 5.69 Å². The number of benzene rings is 1. The second-order valence-corrected chi connectivity index (χ2v) is 3.43. The monoisotopic (exact) mass is 202 g/mol. The van der Waals surface area contributed by atoms with Crippen molar-refractivity contribution in [1.82, 2.24) is 15.5 Å². The Balaban J connectivity index is 2.24. The lowest BCUT2D eigenvalue weighted by atomic mass is 10.2. The highest BCUT2D eigenvalue weighted by atomic mass is 16.5. The standard InChI is InChI=1S/C11H12N3O/c1-8-5-9(12)3-4-11(8)15-10-6-13-14(2)7-10/h3-7,12H,1-2H3. The van der Waals surface area contributed by atoms with E-state index in [2.05, 4.69) is 5.10 Å². The summed E-state index contributed by atoms with van der Waals surface area (Å²) in [5.41, 5.74) is 8.89. The van der Waals surface area contributed by atoms with Crippen molar-refractivity contribution in [2.24, 2.45) is 7.05 Å². The largest absolute Gasteiger partial charge is 0.454 e. The molecular formula is C11H12N3O. The summed E-state index contributed by atoms with van der Waals surface area (Å²) in [6.45, 7) is 1.92. The molecule has 0 aliphatic carbocycles. The van der Waals surface area contributed by atoms with Crippen LogP contribution in [0.4, 0.5) is 5.69 Å². The van der Waals surface area contributed by atoms with Gasteiger partial charge in [0.05, 0.1) is 18.1 Å². The summed E-state index contributed by atoms with van der Waals surface area (Å²) in [7, 11) is 1.84. The van der Waals surface area contributed by atoms with Crippen molar-refractivity contribution in [2.75, 3.05) is 0 Å². The Morgan fingerprint density at radius 1 is 1.40 bits per heavy atom. The number of hydrogen-bond acceptors (Lipinski definition) is 2. The van der Waals surface area contributed by atoms with Crippen LogP contribution in [0, 0.1) is 6.92 Å². The minimum Gasteiger partial charge on any atom is -0.454 e. The molecule has 1 aromatic carbocycles. The maximum atomic E-state index is 7.44. The van der Waals surface area contributed by atoms with E-state index in [4.69, 9.17) is 10.5 Å². The van der Waals surface area contributed by atoms with Gasteiger partial charge in [-0.2, -0.15) is 5.10 Å². The maximum absolute atomic E-state index is 7.44. The summed E-state index contributed by atoms with van der Waals surface area (Å²) >= 11 is 0. The SMILES string of the molecule is Cc1cc([NH])ccc1Oc1cnn(C)c1. The van der Waals surface area contributed by atoms with E-state index in [1.165, 1.54) is 0 Å². The van der Waals surface area contributed by atoms with Gasteiger partial charge in [0.1, 0.15) is 5.75 Å². The molecule has 0 bridgehead atoms. The molecule has 0 spiro atoms. The molecule has 0 aliphatic heterocycles. The van der Waals surface area contributed by atoms with E-state index in [-0.39, 0.29) is 0 Å². The number of ether oxygens (including phenoxy) is 1. The summed E-state index contributed by atoms with van der Waals surface area (Å²) in [5, 5.41) is 4.01. The Kier molecular flexibility index (Phi) is 2.33. The average molecular weight is 202 g/mol. The van der Waals surface area contributed by atoms with Gasteiger partial charge in [-0.3, -0.25) is 4.68 Å². The van der Waals surface area contributed by atoms with Crippen molar-refractivity contribution in [3.8, 4) is 11.5 Å². The first-order valence-electron chi connectivity index (χ1n) is 4.64. The van der Waals surface area contributed by atoms with E-state index >= 15 is 0 Å².